The summed E-state index contributed by atoms with van der Waals surface area (Å²) in [6.07, 6.45) is 1.34. The molecule has 0 saturated carbocycles. The average molecular weight is 371 g/mol. The van der Waals surface area contributed by atoms with Crippen molar-refractivity contribution >= 4 is 10.0 Å². The lowest BCUT2D eigenvalue weighted by Crippen LogP contribution is -2.43. The Balaban J connectivity index is 2.91. The van der Waals surface area contributed by atoms with Gasteiger partial charge in [-0.3, -0.25) is 0 Å². The van der Waals surface area contributed by atoms with Gasteiger partial charge in [-0.2, -0.15) is 4.31 Å². The van der Waals surface area contributed by atoms with Crippen LogP contribution in [0.2, 0.25) is 0 Å². The number of hydrogen-bond acceptors (Lipinski definition) is 4. The van der Waals surface area contributed by atoms with Crippen molar-refractivity contribution in [1.82, 2.24) is 9.21 Å². The zero-order chi connectivity index (χ0) is 19.0. The third-order valence-corrected chi connectivity index (χ3v) is 6.36. The lowest BCUT2D eigenvalue weighted by Gasteiger charge is -2.28. The quantitative estimate of drug-likeness (QED) is 0.651. The predicted molar refractivity (Wildman–Crippen MR) is 103 cm³/mol. The first-order valence-electron chi connectivity index (χ1n) is 9.24. The van der Waals surface area contributed by atoms with Crippen LogP contribution < -0.4 is 0 Å². The van der Waals surface area contributed by atoms with Crippen LogP contribution in [0.25, 0.3) is 0 Å². The third-order valence-electron chi connectivity index (χ3n) is 4.28. The van der Waals surface area contributed by atoms with Gasteiger partial charge in [0.05, 0.1) is 11.0 Å². The summed E-state index contributed by atoms with van der Waals surface area (Å²) in [5, 5.41) is 10.5. The van der Waals surface area contributed by atoms with E-state index in [0.717, 1.165) is 37.1 Å². The summed E-state index contributed by atoms with van der Waals surface area (Å²) in [6, 6.07) is 5.45. The molecule has 1 aromatic carbocycles. The van der Waals surface area contributed by atoms with Crippen LogP contribution in [0.15, 0.2) is 23.1 Å². The first kappa shape index (κ1) is 22.1. The van der Waals surface area contributed by atoms with Crippen LogP contribution in [0.4, 0.5) is 0 Å². The molecule has 0 aliphatic carbocycles. The molecule has 0 spiro atoms. The van der Waals surface area contributed by atoms with Crippen LogP contribution in [0.1, 0.15) is 44.7 Å². The molecule has 0 heterocycles. The summed E-state index contributed by atoms with van der Waals surface area (Å²) >= 11 is 0. The molecule has 1 rings (SSSR count). The van der Waals surface area contributed by atoms with Gasteiger partial charge in [-0.1, -0.05) is 32.9 Å². The maximum Gasteiger partial charge on any atom is 0.243 e. The molecule has 0 aliphatic rings. The monoisotopic (exact) mass is 370 g/mol. The SMILES string of the molecule is CCCN(CCC)CC(O)CN(CC)S(=O)(=O)c1cc(C)ccc1C. The number of aliphatic hydroxyl groups is 1. The number of sulfonamides is 1. The lowest BCUT2D eigenvalue weighted by atomic mass is 10.2. The van der Waals surface area contributed by atoms with Crippen molar-refractivity contribution in [3.05, 3.63) is 29.3 Å². The molecule has 25 heavy (non-hydrogen) atoms. The average Bonchev–Trinajstić information content (AvgIpc) is 2.55. The Kier molecular flexibility index (Phi) is 9.07. The van der Waals surface area contributed by atoms with E-state index in [1.165, 1.54) is 4.31 Å². The fraction of sp³-hybridized carbons (Fsp3) is 0.684. The number of aliphatic hydroxyl groups excluding tert-OH is 1. The summed E-state index contributed by atoms with van der Waals surface area (Å²) in [7, 11) is -3.60. The second-order valence-electron chi connectivity index (χ2n) is 6.68. The Morgan fingerprint density at radius 2 is 1.64 bits per heavy atom. The zero-order valence-electron chi connectivity index (χ0n) is 16.3. The molecule has 1 N–H and O–H groups in total. The minimum absolute atomic E-state index is 0.121. The lowest BCUT2D eigenvalue weighted by molar-refractivity contribution is 0.0954. The highest BCUT2D eigenvalue weighted by atomic mass is 32.2. The Labute approximate surface area is 153 Å². The number of aryl methyl sites for hydroxylation is 2. The molecule has 0 saturated heterocycles. The van der Waals surface area contributed by atoms with Gasteiger partial charge in [0.2, 0.25) is 10.0 Å². The molecule has 0 fully saturated rings. The molecular weight excluding hydrogens is 336 g/mol. The summed E-state index contributed by atoms with van der Waals surface area (Å²) in [4.78, 5) is 2.53. The molecule has 6 heteroatoms. The molecule has 144 valence electrons. The van der Waals surface area contributed by atoms with Gasteiger partial charge in [0, 0.05) is 19.6 Å². The van der Waals surface area contributed by atoms with Gasteiger partial charge in [0.1, 0.15) is 0 Å². The molecule has 0 bridgehead atoms. The molecule has 1 unspecified atom stereocenters. The van der Waals surface area contributed by atoms with E-state index in [1.807, 2.05) is 26.0 Å². The van der Waals surface area contributed by atoms with Gasteiger partial charge >= 0.3 is 0 Å². The van der Waals surface area contributed by atoms with Crippen LogP contribution >= 0.6 is 0 Å². The minimum atomic E-state index is -3.60. The fourth-order valence-corrected chi connectivity index (χ4v) is 4.84. The topological polar surface area (TPSA) is 60.9 Å². The number of rotatable bonds is 11. The first-order valence-corrected chi connectivity index (χ1v) is 10.7. The van der Waals surface area contributed by atoms with Gasteiger partial charge in [-0.25, -0.2) is 8.42 Å². The van der Waals surface area contributed by atoms with E-state index in [9.17, 15) is 13.5 Å². The molecule has 5 nitrogen and oxygen atoms in total. The molecule has 1 atom stereocenters. The van der Waals surface area contributed by atoms with Crippen LogP contribution in [0, 0.1) is 13.8 Å². The van der Waals surface area contributed by atoms with Crippen molar-refractivity contribution in [3.63, 3.8) is 0 Å². The van der Waals surface area contributed by atoms with Crippen LogP contribution in [-0.2, 0) is 10.0 Å². The largest absolute Gasteiger partial charge is 0.390 e. The summed E-state index contributed by atoms with van der Waals surface area (Å²) < 4.78 is 27.4. The molecule has 0 radical (unpaired) electrons. The fourth-order valence-electron chi connectivity index (χ4n) is 3.04. The van der Waals surface area contributed by atoms with E-state index in [-0.39, 0.29) is 6.54 Å². The van der Waals surface area contributed by atoms with E-state index in [1.54, 1.807) is 13.0 Å². The van der Waals surface area contributed by atoms with E-state index in [4.69, 9.17) is 0 Å². The predicted octanol–water partition coefficient (Wildman–Crippen LogP) is 2.80. The summed E-state index contributed by atoms with van der Waals surface area (Å²) in [5.74, 6) is 0. The van der Waals surface area contributed by atoms with Gasteiger partial charge in [-0.05, 0) is 57.0 Å². The van der Waals surface area contributed by atoms with Crippen molar-refractivity contribution < 1.29 is 13.5 Å². The second kappa shape index (κ2) is 10.3. The number of nitrogens with zero attached hydrogens (tertiary/aromatic N) is 2. The van der Waals surface area contributed by atoms with Crippen LogP contribution in [0.3, 0.4) is 0 Å². The van der Waals surface area contributed by atoms with Gasteiger partial charge in [0.25, 0.3) is 0 Å². The van der Waals surface area contributed by atoms with Crippen molar-refractivity contribution in [2.45, 2.75) is 58.5 Å². The van der Waals surface area contributed by atoms with Crippen LogP contribution in [0.5, 0.6) is 0 Å². The smallest absolute Gasteiger partial charge is 0.243 e. The van der Waals surface area contributed by atoms with Crippen molar-refractivity contribution in [2.24, 2.45) is 0 Å². The number of benzene rings is 1. The molecule has 0 aromatic heterocycles. The van der Waals surface area contributed by atoms with Crippen molar-refractivity contribution in [2.75, 3.05) is 32.7 Å². The highest BCUT2D eigenvalue weighted by Crippen LogP contribution is 2.21. The minimum Gasteiger partial charge on any atom is -0.390 e. The van der Waals surface area contributed by atoms with Gasteiger partial charge in [0.15, 0.2) is 0 Å². The second-order valence-corrected chi connectivity index (χ2v) is 8.59. The van der Waals surface area contributed by atoms with E-state index >= 15 is 0 Å². The van der Waals surface area contributed by atoms with Crippen LogP contribution in [-0.4, -0.2) is 61.6 Å². The number of likely N-dealkylation sites (N-methyl/N-ethyl adjacent to an activating group) is 1. The summed E-state index contributed by atoms with van der Waals surface area (Å²) in [6.45, 7) is 12.5. The molecule has 0 amide bonds. The highest BCUT2D eigenvalue weighted by Gasteiger charge is 2.27. The Hall–Kier alpha value is -0.950. The Morgan fingerprint density at radius 3 is 2.16 bits per heavy atom. The maximum absolute atomic E-state index is 13.0. The highest BCUT2D eigenvalue weighted by molar-refractivity contribution is 7.89. The standard InChI is InChI=1S/C19H34N2O3S/c1-6-11-20(12-7-2)14-18(22)15-21(8-3)25(23,24)19-13-16(4)9-10-17(19)5/h9-10,13,18,22H,6-8,11-12,14-15H2,1-5H3. The Morgan fingerprint density at radius 1 is 1.04 bits per heavy atom. The first-order chi connectivity index (χ1) is 11.8. The van der Waals surface area contributed by atoms with Gasteiger partial charge < -0.3 is 10.0 Å². The van der Waals surface area contributed by atoms with Gasteiger partial charge in [-0.15, -0.1) is 0 Å². The zero-order valence-corrected chi connectivity index (χ0v) is 17.1. The summed E-state index contributed by atoms with van der Waals surface area (Å²) in [5.41, 5.74) is 1.65. The molecule has 1 aromatic rings. The van der Waals surface area contributed by atoms with E-state index in [2.05, 4.69) is 18.7 Å². The molecular formula is C19H34N2O3S. The van der Waals surface area contributed by atoms with Crippen molar-refractivity contribution in [3.8, 4) is 0 Å². The van der Waals surface area contributed by atoms with Crippen molar-refractivity contribution in [1.29, 1.82) is 0 Å². The Bertz CT molecular complexity index is 626. The molecule has 0 aliphatic heterocycles. The van der Waals surface area contributed by atoms with E-state index < -0.39 is 16.1 Å². The normalized spacial score (nSPS) is 13.6. The number of hydrogen-bond donors (Lipinski definition) is 1. The van der Waals surface area contributed by atoms with E-state index in [0.29, 0.717) is 18.0 Å². The maximum atomic E-state index is 13.0. The third kappa shape index (κ3) is 6.37.